The first-order valence-electron chi connectivity index (χ1n) is 5.83. The molecule has 0 aliphatic carbocycles. The summed E-state index contributed by atoms with van der Waals surface area (Å²) in [4.78, 5) is 24.1. The first-order chi connectivity index (χ1) is 8.19. The Labute approximate surface area is 111 Å². The lowest BCUT2D eigenvalue weighted by molar-refractivity contribution is 0.0594. The smallest absolute Gasteiger partial charge is 0.261 e. The number of carbonyl (C=O) groups is 2. The molecule has 1 aromatic rings. The number of carbonyl (C=O) groups excluding carboxylic acids is 2. The summed E-state index contributed by atoms with van der Waals surface area (Å²) in [6.45, 7) is 6.73. The van der Waals surface area contributed by atoms with Gasteiger partial charge >= 0.3 is 0 Å². The predicted molar refractivity (Wildman–Crippen MR) is 72.2 cm³/mol. The van der Waals surface area contributed by atoms with Gasteiger partial charge in [-0.25, -0.2) is 0 Å². The molecule has 1 aromatic heterocycles. The van der Waals surface area contributed by atoms with Crippen LogP contribution in [0.1, 0.15) is 53.5 Å². The molecule has 1 rings (SSSR count). The zero-order chi connectivity index (χ0) is 13.9. The molecule has 0 bridgehead atoms. The second-order valence-electron chi connectivity index (χ2n) is 5.11. The summed E-state index contributed by atoms with van der Waals surface area (Å²) in [5.41, 5.74) is -0.813. The van der Waals surface area contributed by atoms with E-state index in [0.717, 1.165) is 0 Å². The molecule has 1 unspecified atom stereocenters. The van der Waals surface area contributed by atoms with Crippen molar-refractivity contribution in [3.63, 3.8) is 0 Å². The topological polar surface area (TPSA) is 66.4 Å². The quantitative estimate of drug-likeness (QED) is 0.806. The molecular weight excluding hydrogens is 250 g/mol. The number of thiophene rings is 1. The van der Waals surface area contributed by atoms with Crippen molar-refractivity contribution >= 4 is 23.0 Å². The van der Waals surface area contributed by atoms with Crippen LogP contribution in [0, 0.1) is 0 Å². The zero-order valence-electron chi connectivity index (χ0n) is 11.1. The molecule has 0 radical (unpaired) electrons. The molecule has 1 heterocycles. The molecular formula is C13H19NO3S. The largest absolute Gasteiger partial charge is 0.390 e. The highest BCUT2D eigenvalue weighted by Crippen LogP contribution is 2.17. The fraction of sp³-hybridized carbons (Fsp3) is 0.538. The molecule has 0 aliphatic heterocycles. The van der Waals surface area contributed by atoms with Crippen LogP contribution >= 0.6 is 11.3 Å². The van der Waals surface area contributed by atoms with Crippen molar-refractivity contribution in [1.29, 1.82) is 0 Å². The highest BCUT2D eigenvalue weighted by Gasteiger charge is 2.20. The highest BCUT2D eigenvalue weighted by molar-refractivity contribution is 7.15. The van der Waals surface area contributed by atoms with Crippen molar-refractivity contribution in [2.75, 3.05) is 0 Å². The van der Waals surface area contributed by atoms with Gasteiger partial charge in [-0.3, -0.25) is 9.59 Å². The van der Waals surface area contributed by atoms with E-state index in [1.165, 1.54) is 18.3 Å². The summed E-state index contributed by atoms with van der Waals surface area (Å²) in [5, 5.41) is 12.5. The number of hydrogen-bond donors (Lipinski definition) is 2. The number of hydrogen-bond acceptors (Lipinski definition) is 4. The molecule has 0 saturated heterocycles. The average Bonchev–Trinajstić information content (AvgIpc) is 2.62. The number of nitrogens with one attached hydrogen (secondary N) is 1. The Morgan fingerprint density at radius 2 is 1.94 bits per heavy atom. The van der Waals surface area contributed by atoms with Crippen LogP contribution in [0.3, 0.4) is 0 Å². The van der Waals surface area contributed by atoms with Gasteiger partial charge in [-0.05, 0) is 46.2 Å². The normalized spacial score (nSPS) is 13.2. The number of ketones is 1. The van der Waals surface area contributed by atoms with Crippen LogP contribution in [0.4, 0.5) is 0 Å². The van der Waals surface area contributed by atoms with Gasteiger partial charge in [0.15, 0.2) is 5.78 Å². The van der Waals surface area contributed by atoms with Crippen LogP contribution in [0.5, 0.6) is 0 Å². The maximum absolute atomic E-state index is 11.9. The molecule has 1 atom stereocenters. The third kappa shape index (κ3) is 4.58. The number of aliphatic hydroxyl groups is 1. The van der Waals surface area contributed by atoms with E-state index < -0.39 is 5.60 Å². The zero-order valence-corrected chi connectivity index (χ0v) is 11.9. The van der Waals surface area contributed by atoms with E-state index >= 15 is 0 Å². The maximum Gasteiger partial charge on any atom is 0.261 e. The van der Waals surface area contributed by atoms with Crippen LogP contribution in [-0.2, 0) is 0 Å². The molecule has 100 valence electrons. The van der Waals surface area contributed by atoms with Crippen LogP contribution in [0.25, 0.3) is 0 Å². The van der Waals surface area contributed by atoms with Gasteiger partial charge in [-0.1, -0.05) is 0 Å². The van der Waals surface area contributed by atoms with Gasteiger partial charge in [-0.15, -0.1) is 11.3 Å². The Morgan fingerprint density at radius 1 is 1.39 bits per heavy atom. The molecule has 0 aliphatic rings. The van der Waals surface area contributed by atoms with Crippen molar-refractivity contribution in [2.24, 2.45) is 0 Å². The first kappa shape index (κ1) is 14.9. The summed E-state index contributed by atoms with van der Waals surface area (Å²) >= 11 is 1.18. The van der Waals surface area contributed by atoms with E-state index in [-0.39, 0.29) is 17.7 Å². The summed E-state index contributed by atoms with van der Waals surface area (Å²) in [6, 6.07) is 3.18. The fourth-order valence-corrected chi connectivity index (χ4v) is 2.55. The Hall–Kier alpha value is -1.20. The predicted octanol–water partition coefficient (Wildman–Crippen LogP) is 2.23. The lowest BCUT2D eigenvalue weighted by Gasteiger charge is -2.22. The Balaban J connectivity index is 2.62. The Morgan fingerprint density at radius 3 is 2.39 bits per heavy atom. The minimum absolute atomic E-state index is 0.0383. The maximum atomic E-state index is 11.9. The minimum atomic E-state index is -0.813. The second-order valence-corrected chi connectivity index (χ2v) is 6.19. The molecule has 2 N–H and O–H groups in total. The van der Waals surface area contributed by atoms with Crippen LogP contribution < -0.4 is 5.32 Å². The molecule has 0 aromatic carbocycles. The standard InChI is InChI=1S/C13H19NO3S/c1-8(7-13(3,4)17)14-12(16)11-6-5-10(18-11)9(2)15/h5-6,8,17H,7H2,1-4H3,(H,14,16). The molecule has 4 nitrogen and oxygen atoms in total. The summed E-state index contributed by atoms with van der Waals surface area (Å²) in [5.74, 6) is -0.243. The molecule has 5 heteroatoms. The van der Waals surface area contributed by atoms with Crippen LogP contribution in [0.15, 0.2) is 12.1 Å². The number of Topliss-reactive ketones (excluding diaryl/α,β-unsaturated/α-hetero) is 1. The molecule has 1 amide bonds. The van der Waals surface area contributed by atoms with Gasteiger partial charge in [0.25, 0.3) is 5.91 Å². The average molecular weight is 269 g/mol. The van der Waals surface area contributed by atoms with Gasteiger partial charge in [0.05, 0.1) is 15.4 Å². The van der Waals surface area contributed by atoms with Crippen LogP contribution in [0.2, 0.25) is 0 Å². The molecule has 0 spiro atoms. The van der Waals surface area contributed by atoms with E-state index in [2.05, 4.69) is 5.32 Å². The Kier molecular flexibility index (Phi) is 4.65. The van der Waals surface area contributed by atoms with E-state index in [1.807, 2.05) is 6.92 Å². The van der Waals surface area contributed by atoms with Gasteiger partial charge in [-0.2, -0.15) is 0 Å². The van der Waals surface area contributed by atoms with Gasteiger partial charge in [0.2, 0.25) is 0 Å². The fourth-order valence-electron chi connectivity index (χ4n) is 1.74. The lowest BCUT2D eigenvalue weighted by Crippen LogP contribution is -2.37. The Bertz CT molecular complexity index is 445. The van der Waals surface area contributed by atoms with E-state index in [4.69, 9.17) is 0 Å². The summed E-state index contributed by atoms with van der Waals surface area (Å²) < 4.78 is 0. The molecule has 0 saturated carbocycles. The number of rotatable bonds is 5. The SMILES string of the molecule is CC(=O)c1ccc(C(=O)NC(C)CC(C)(C)O)s1. The van der Waals surface area contributed by atoms with Crippen molar-refractivity contribution in [3.05, 3.63) is 21.9 Å². The third-order valence-corrected chi connectivity index (χ3v) is 3.54. The van der Waals surface area contributed by atoms with Gasteiger partial charge < -0.3 is 10.4 Å². The lowest BCUT2D eigenvalue weighted by atomic mass is 10.0. The van der Waals surface area contributed by atoms with E-state index in [0.29, 0.717) is 16.2 Å². The van der Waals surface area contributed by atoms with Crippen molar-refractivity contribution in [3.8, 4) is 0 Å². The van der Waals surface area contributed by atoms with Crippen LogP contribution in [-0.4, -0.2) is 28.4 Å². The number of amides is 1. The minimum Gasteiger partial charge on any atom is -0.390 e. The summed E-state index contributed by atoms with van der Waals surface area (Å²) in [6.07, 6.45) is 0.476. The first-order valence-corrected chi connectivity index (χ1v) is 6.65. The molecule has 0 fully saturated rings. The van der Waals surface area contributed by atoms with E-state index in [1.54, 1.807) is 26.0 Å². The van der Waals surface area contributed by atoms with Gasteiger partial charge in [0.1, 0.15) is 0 Å². The third-order valence-electron chi connectivity index (χ3n) is 2.36. The van der Waals surface area contributed by atoms with E-state index in [9.17, 15) is 14.7 Å². The molecule has 18 heavy (non-hydrogen) atoms. The highest BCUT2D eigenvalue weighted by atomic mass is 32.1. The van der Waals surface area contributed by atoms with Crippen molar-refractivity contribution < 1.29 is 14.7 Å². The summed E-state index contributed by atoms with van der Waals surface area (Å²) in [7, 11) is 0. The monoisotopic (exact) mass is 269 g/mol. The van der Waals surface area contributed by atoms with Crippen molar-refractivity contribution in [1.82, 2.24) is 5.32 Å². The second kappa shape index (κ2) is 5.63. The van der Waals surface area contributed by atoms with Crippen molar-refractivity contribution in [2.45, 2.75) is 45.8 Å². The van der Waals surface area contributed by atoms with Gasteiger partial charge in [0, 0.05) is 6.04 Å².